The largest absolute Gasteiger partial charge is 0.481 e. The molecule has 0 spiro atoms. The molecule has 1 unspecified atom stereocenters. The molecule has 0 amide bonds. The number of benzene rings is 1. The van der Waals surface area contributed by atoms with Gasteiger partial charge in [0.25, 0.3) is 0 Å². The van der Waals surface area contributed by atoms with Crippen LogP contribution in [-0.2, 0) is 20.9 Å². The Labute approximate surface area is 136 Å². The highest BCUT2D eigenvalue weighted by molar-refractivity contribution is 8.00. The van der Waals surface area contributed by atoms with Gasteiger partial charge in [-0.25, -0.2) is 0 Å². The number of hydrogen-bond donors (Lipinski definition) is 1. The molecule has 0 aliphatic heterocycles. The van der Waals surface area contributed by atoms with Gasteiger partial charge in [-0.05, 0) is 23.7 Å². The zero-order chi connectivity index (χ0) is 16.4. The molecule has 0 fully saturated rings. The van der Waals surface area contributed by atoms with Gasteiger partial charge in [0.2, 0.25) is 0 Å². The van der Waals surface area contributed by atoms with Crippen LogP contribution in [0.1, 0.15) is 38.7 Å². The second-order valence-corrected chi connectivity index (χ2v) is 6.90. The van der Waals surface area contributed by atoms with Crippen LogP contribution in [0.3, 0.4) is 0 Å². The summed E-state index contributed by atoms with van der Waals surface area (Å²) >= 11 is 1.38. The van der Waals surface area contributed by atoms with Crippen molar-refractivity contribution in [2.75, 3.05) is 5.75 Å². The number of carboxylic acids is 1. The average Bonchev–Trinajstić information content (AvgIpc) is 2.48. The molecule has 1 N–H and O–H groups in total. The van der Waals surface area contributed by atoms with Crippen molar-refractivity contribution in [1.29, 1.82) is 0 Å². The molecule has 0 saturated heterocycles. The van der Waals surface area contributed by atoms with Crippen LogP contribution >= 0.6 is 11.8 Å². The van der Waals surface area contributed by atoms with Crippen molar-refractivity contribution < 1.29 is 19.4 Å². The lowest BCUT2D eigenvalue weighted by molar-refractivity contribution is -0.148. The standard InChI is InChI=1S/C17H24O4S/c1-13(2)7-6-10-22-15(11-16(18)19)17(20)21-12-14-8-4-3-5-9-14/h3-5,8-9,13,15H,6-7,10-12H2,1-2H3,(H,18,19). The minimum absolute atomic E-state index is 0.183. The molecular formula is C17H24O4S. The molecule has 1 aromatic carbocycles. The van der Waals surface area contributed by atoms with E-state index in [-0.39, 0.29) is 13.0 Å². The average molecular weight is 324 g/mol. The van der Waals surface area contributed by atoms with Crippen LogP contribution in [-0.4, -0.2) is 28.0 Å². The molecule has 1 aromatic rings. The Balaban J connectivity index is 2.43. The minimum Gasteiger partial charge on any atom is -0.481 e. The van der Waals surface area contributed by atoms with Gasteiger partial charge < -0.3 is 9.84 Å². The van der Waals surface area contributed by atoms with Gasteiger partial charge in [0, 0.05) is 0 Å². The topological polar surface area (TPSA) is 63.6 Å². The van der Waals surface area contributed by atoms with Gasteiger partial charge in [-0.2, -0.15) is 0 Å². The van der Waals surface area contributed by atoms with Gasteiger partial charge in [0.05, 0.1) is 6.42 Å². The van der Waals surface area contributed by atoms with Gasteiger partial charge >= 0.3 is 11.9 Å². The van der Waals surface area contributed by atoms with Crippen molar-refractivity contribution in [2.45, 2.75) is 45.0 Å². The van der Waals surface area contributed by atoms with Gasteiger partial charge in [-0.3, -0.25) is 9.59 Å². The Morgan fingerprint density at radius 1 is 1.23 bits per heavy atom. The number of carbonyl (C=O) groups is 2. The highest BCUT2D eigenvalue weighted by atomic mass is 32.2. The third kappa shape index (κ3) is 8.08. The Hall–Kier alpha value is -1.49. The number of carboxylic acid groups (broad SMARTS) is 1. The molecule has 122 valence electrons. The maximum absolute atomic E-state index is 12.1. The molecule has 22 heavy (non-hydrogen) atoms. The summed E-state index contributed by atoms with van der Waals surface area (Å²) in [5.74, 6) is -0.0290. The summed E-state index contributed by atoms with van der Waals surface area (Å²) < 4.78 is 5.25. The molecule has 0 aliphatic rings. The van der Waals surface area contributed by atoms with Crippen molar-refractivity contribution in [3.63, 3.8) is 0 Å². The molecule has 4 nitrogen and oxygen atoms in total. The fraction of sp³-hybridized carbons (Fsp3) is 0.529. The predicted molar refractivity (Wildman–Crippen MR) is 88.8 cm³/mol. The number of ether oxygens (including phenoxy) is 1. The van der Waals surface area contributed by atoms with Crippen LogP contribution in [0, 0.1) is 5.92 Å². The van der Waals surface area contributed by atoms with Gasteiger partial charge in [-0.15, -0.1) is 11.8 Å². The summed E-state index contributed by atoms with van der Waals surface area (Å²) in [5, 5.41) is 8.31. The Kier molecular flexibility index (Phi) is 8.67. The molecule has 0 bridgehead atoms. The Morgan fingerprint density at radius 3 is 2.50 bits per heavy atom. The molecule has 0 aromatic heterocycles. The van der Waals surface area contributed by atoms with E-state index in [0.717, 1.165) is 24.2 Å². The fourth-order valence-electron chi connectivity index (χ4n) is 1.91. The maximum atomic E-state index is 12.1. The monoisotopic (exact) mass is 324 g/mol. The van der Waals surface area contributed by atoms with E-state index in [2.05, 4.69) is 13.8 Å². The number of carbonyl (C=O) groups excluding carboxylic acids is 1. The van der Waals surface area contributed by atoms with Crippen molar-refractivity contribution in [1.82, 2.24) is 0 Å². The molecule has 5 heteroatoms. The lowest BCUT2D eigenvalue weighted by Crippen LogP contribution is -2.24. The smallest absolute Gasteiger partial charge is 0.319 e. The molecule has 1 atom stereocenters. The van der Waals surface area contributed by atoms with E-state index < -0.39 is 17.2 Å². The normalized spacial score (nSPS) is 12.1. The number of aliphatic carboxylic acids is 1. The molecule has 0 radical (unpaired) electrons. The lowest BCUT2D eigenvalue weighted by Gasteiger charge is -2.14. The lowest BCUT2D eigenvalue weighted by atomic mass is 10.1. The number of thioether (sulfide) groups is 1. The highest BCUT2D eigenvalue weighted by Gasteiger charge is 2.23. The third-order valence-corrected chi connectivity index (χ3v) is 4.38. The van der Waals surface area contributed by atoms with E-state index >= 15 is 0 Å². The molecule has 0 heterocycles. The zero-order valence-corrected chi connectivity index (χ0v) is 14.0. The second-order valence-electron chi connectivity index (χ2n) is 5.59. The first-order valence-corrected chi connectivity index (χ1v) is 8.58. The van der Waals surface area contributed by atoms with Crippen molar-refractivity contribution in [3.8, 4) is 0 Å². The molecule has 0 saturated carbocycles. The summed E-state index contributed by atoms with van der Waals surface area (Å²) in [6, 6.07) is 9.38. The van der Waals surface area contributed by atoms with Gasteiger partial charge in [0.1, 0.15) is 11.9 Å². The zero-order valence-electron chi connectivity index (χ0n) is 13.2. The molecular weight excluding hydrogens is 300 g/mol. The van der Waals surface area contributed by atoms with Gasteiger partial charge in [0.15, 0.2) is 0 Å². The first kappa shape index (κ1) is 18.6. The Bertz CT molecular complexity index is 459. The maximum Gasteiger partial charge on any atom is 0.319 e. The fourth-order valence-corrected chi connectivity index (χ4v) is 2.99. The molecule has 1 rings (SSSR count). The third-order valence-electron chi connectivity index (χ3n) is 3.09. The van der Waals surface area contributed by atoms with Crippen LogP contribution in [0.15, 0.2) is 30.3 Å². The van der Waals surface area contributed by atoms with Crippen molar-refractivity contribution >= 4 is 23.7 Å². The van der Waals surface area contributed by atoms with Crippen LogP contribution in [0.4, 0.5) is 0 Å². The van der Waals surface area contributed by atoms with Crippen LogP contribution in [0.5, 0.6) is 0 Å². The van der Waals surface area contributed by atoms with E-state index in [0.29, 0.717) is 5.92 Å². The summed E-state index contributed by atoms with van der Waals surface area (Å²) in [4.78, 5) is 23.0. The highest BCUT2D eigenvalue weighted by Crippen LogP contribution is 2.20. The summed E-state index contributed by atoms with van der Waals surface area (Å²) in [6.45, 7) is 4.48. The predicted octanol–water partition coefficient (Wildman–Crippen LogP) is 3.74. The van der Waals surface area contributed by atoms with E-state index in [1.807, 2.05) is 30.3 Å². The SMILES string of the molecule is CC(C)CCCSC(CC(=O)O)C(=O)OCc1ccccc1. The van der Waals surface area contributed by atoms with Crippen LogP contribution in [0.2, 0.25) is 0 Å². The van der Waals surface area contributed by atoms with E-state index in [9.17, 15) is 9.59 Å². The molecule has 0 aliphatic carbocycles. The van der Waals surface area contributed by atoms with Crippen molar-refractivity contribution in [2.24, 2.45) is 5.92 Å². The van der Waals surface area contributed by atoms with Crippen molar-refractivity contribution in [3.05, 3.63) is 35.9 Å². The van der Waals surface area contributed by atoms with Crippen LogP contribution in [0.25, 0.3) is 0 Å². The summed E-state index contributed by atoms with van der Waals surface area (Å²) in [6.07, 6.45) is 1.86. The number of rotatable bonds is 10. The number of hydrogen-bond acceptors (Lipinski definition) is 4. The van der Waals surface area contributed by atoms with E-state index in [1.165, 1.54) is 11.8 Å². The quantitative estimate of drug-likeness (QED) is 0.524. The summed E-state index contributed by atoms with van der Waals surface area (Å²) in [7, 11) is 0. The minimum atomic E-state index is -0.974. The van der Waals surface area contributed by atoms with Crippen LogP contribution < -0.4 is 0 Å². The Morgan fingerprint density at radius 2 is 1.91 bits per heavy atom. The number of esters is 1. The van der Waals surface area contributed by atoms with E-state index in [4.69, 9.17) is 9.84 Å². The first-order valence-electron chi connectivity index (χ1n) is 7.53. The van der Waals surface area contributed by atoms with Gasteiger partial charge in [-0.1, -0.05) is 50.6 Å². The second kappa shape index (κ2) is 10.3. The summed E-state index contributed by atoms with van der Waals surface area (Å²) in [5.41, 5.74) is 0.898. The first-order chi connectivity index (χ1) is 10.5. The van der Waals surface area contributed by atoms with E-state index in [1.54, 1.807) is 0 Å².